The zero-order valence-corrected chi connectivity index (χ0v) is 15.1. The number of carboxylic acid groups (broad SMARTS) is 1. The van der Waals surface area contributed by atoms with Crippen LogP contribution in [0.25, 0.3) is 11.1 Å². The smallest absolute Gasteiger partial charge is 0.335 e. The van der Waals surface area contributed by atoms with Gasteiger partial charge in [-0.05, 0) is 35.2 Å². The van der Waals surface area contributed by atoms with Crippen molar-refractivity contribution in [3.63, 3.8) is 0 Å². The van der Waals surface area contributed by atoms with Crippen LogP contribution in [-0.4, -0.2) is 47.2 Å². The molecule has 3 rings (SSSR count). The second-order valence-electron chi connectivity index (χ2n) is 6.99. The third kappa shape index (κ3) is 4.17. The largest absolute Gasteiger partial charge is 0.478 e. The van der Waals surface area contributed by atoms with E-state index in [-0.39, 0.29) is 23.9 Å². The van der Waals surface area contributed by atoms with E-state index >= 15 is 0 Å². The van der Waals surface area contributed by atoms with Crippen LogP contribution in [0, 0.1) is 0 Å². The van der Waals surface area contributed by atoms with E-state index in [0.717, 1.165) is 16.7 Å². The summed E-state index contributed by atoms with van der Waals surface area (Å²) in [5.41, 5.74) is 8.97. The van der Waals surface area contributed by atoms with Gasteiger partial charge in [-0.1, -0.05) is 43.3 Å². The molecule has 0 spiro atoms. The highest BCUT2D eigenvalue weighted by molar-refractivity contribution is 5.89. The van der Waals surface area contributed by atoms with Gasteiger partial charge >= 0.3 is 5.97 Å². The predicted molar refractivity (Wildman–Crippen MR) is 101 cm³/mol. The Balaban J connectivity index is 1.73. The van der Waals surface area contributed by atoms with Crippen molar-refractivity contribution >= 4 is 11.9 Å². The van der Waals surface area contributed by atoms with Crippen LogP contribution >= 0.6 is 0 Å². The molecule has 0 bridgehead atoms. The summed E-state index contributed by atoms with van der Waals surface area (Å²) in [5.74, 6) is -1.40. The van der Waals surface area contributed by atoms with Gasteiger partial charge in [0.05, 0.1) is 18.2 Å². The molecule has 1 aliphatic heterocycles. The molecule has 3 atom stereocenters. The highest BCUT2D eigenvalue weighted by atomic mass is 19.1. The molecule has 27 heavy (non-hydrogen) atoms. The third-order valence-electron chi connectivity index (χ3n) is 5.15. The first-order valence-corrected chi connectivity index (χ1v) is 8.99. The number of carboxylic acids is 1. The van der Waals surface area contributed by atoms with Crippen molar-refractivity contribution in [3.8, 4) is 11.1 Å². The number of nitrogens with two attached hydrogens (primary N) is 1. The lowest BCUT2D eigenvalue weighted by molar-refractivity contribution is -0.132. The van der Waals surface area contributed by atoms with Crippen molar-refractivity contribution in [2.75, 3.05) is 13.1 Å². The fourth-order valence-electron chi connectivity index (χ4n) is 3.36. The van der Waals surface area contributed by atoms with Gasteiger partial charge in [0.1, 0.15) is 6.17 Å². The maximum atomic E-state index is 13.3. The number of alkyl halides is 1. The van der Waals surface area contributed by atoms with E-state index in [4.69, 9.17) is 10.8 Å². The van der Waals surface area contributed by atoms with Gasteiger partial charge in [-0.2, -0.15) is 0 Å². The number of benzene rings is 2. The normalized spacial score (nSPS) is 18.9. The first-order chi connectivity index (χ1) is 12.9. The molecule has 2 aromatic carbocycles. The van der Waals surface area contributed by atoms with E-state index in [1.807, 2.05) is 37.3 Å². The van der Waals surface area contributed by atoms with Gasteiger partial charge in [-0.25, -0.2) is 9.18 Å². The Kier molecular flexibility index (Phi) is 5.56. The second-order valence-corrected chi connectivity index (χ2v) is 6.99. The van der Waals surface area contributed by atoms with Crippen LogP contribution < -0.4 is 5.73 Å². The van der Waals surface area contributed by atoms with Crippen molar-refractivity contribution in [2.45, 2.75) is 31.5 Å². The lowest BCUT2D eigenvalue weighted by Gasteiger charge is -2.25. The molecule has 0 radical (unpaired) electrons. The van der Waals surface area contributed by atoms with Crippen LogP contribution in [0.5, 0.6) is 0 Å². The SMILES string of the molecule is C[C@@H](c1ccc(-c2cccc(C(=O)O)c2)cc1)[C@H](N)C(=O)N1CC[C@H](F)C1. The molecule has 2 aromatic rings. The molecule has 1 fully saturated rings. The molecule has 1 saturated heterocycles. The fraction of sp³-hybridized carbons (Fsp3) is 0.333. The Morgan fingerprint density at radius 2 is 1.89 bits per heavy atom. The van der Waals surface area contributed by atoms with Gasteiger partial charge in [0.2, 0.25) is 5.91 Å². The van der Waals surface area contributed by atoms with Crippen molar-refractivity contribution in [2.24, 2.45) is 5.73 Å². The summed E-state index contributed by atoms with van der Waals surface area (Å²) in [4.78, 5) is 25.1. The summed E-state index contributed by atoms with van der Waals surface area (Å²) in [5, 5.41) is 9.12. The highest BCUT2D eigenvalue weighted by Gasteiger charge is 2.32. The molecule has 1 aliphatic rings. The molecule has 6 heteroatoms. The van der Waals surface area contributed by atoms with Crippen LogP contribution in [0.15, 0.2) is 48.5 Å². The van der Waals surface area contributed by atoms with Gasteiger partial charge < -0.3 is 15.7 Å². The molecule has 0 aliphatic carbocycles. The number of rotatable bonds is 5. The number of carbonyl (C=O) groups excluding carboxylic acids is 1. The monoisotopic (exact) mass is 370 g/mol. The number of aromatic carboxylic acids is 1. The van der Waals surface area contributed by atoms with E-state index in [2.05, 4.69) is 0 Å². The predicted octanol–water partition coefficient (Wildman–Crippen LogP) is 3.05. The number of carbonyl (C=O) groups is 2. The highest BCUT2D eigenvalue weighted by Crippen LogP contribution is 2.26. The minimum absolute atomic E-state index is 0.123. The maximum Gasteiger partial charge on any atom is 0.335 e. The lowest BCUT2D eigenvalue weighted by atomic mass is 9.91. The first kappa shape index (κ1) is 19.0. The zero-order valence-electron chi connectivity index (χ0n) is 15.1. The van der Waals surface area contributed by atoms with Gasteiger partial charge in [-0.3, -0.25) is 4.79 Å². The number of hydrogen-bond acceptors (Lipinski definition) is 3. The van der Waals surface area contributed by atoms with Crippen molar-refractivity contribution < 1.29 is 19.1 Å². The maximum absolute atomic E-state index is 13.3. The number of likely N-dealkylation sites (tertiary alicyclic amines) is 1. The molecular weight excluding hydrogens is 347 g/mol. The van der Waals surface area contributed by atoms with Crippen LogP contribution in [0.4, 0.5) is 4.39 Å². The van der Waals surface area contributed by atoms with E-state index < -0.39 is 18.2 Å². The Hall–Kier alpha value is -2.73. The van der Waals surface area contributed by atoms with E-state index in [1.54, 1.807) is 18.2 Å². The molecule has 0 aromatic heterocycles. The number of nitrogens with zero attached hydrogens (tertiary/aromatic N) is 1. The van der Waals surface area contributed by atoms with Crippen molar-refractivity contribution in [1.82, 2.24) is 4.90 Å². The Labute approximate surface area is 157 Å². The molecule has 0 saturated carbocycles. The average molecular weight is 370 g/mol. The summed E-state index contributed by atoms with van der Waals surface area (Å²) in [6, 6.07) is 13.6. The van der Waals surface area contributed by atoms with Gasteiger partial charge in [0.15, 0.2) is 0 Å². The van der Waals surface area contributed by atoms with Gasteiger partial charge in [0.25, 0.3) is 0 Å². The quantitative estimate of drug-likeness (QED) is 0.847. The van der Waals surface area contributed by atoms with Crippen molar-refractivity contribution in [3.05, 3.63) is 59.7 Å². The molecule has 3 N–H and O–H groups in total. The third-order valence-corrected chi connectivity index (χ3v) is 5.15. The fourth-order valence-corrected chi connectivity index (χ4v) is 3.36. The minimum atomic E-state index is -0.969. The molecular formula is C21H23FN2O3. The van der Waals surface area contributed by atoms with Crippen LogP contribution in [0.1, 0.15) is 35.2 Å². The second kappa shape index (κ2) is 7.88. The summed E-state index contributed by atoms with van der Waals surface area (Å²) in [6.07, 6.45) is -0.589. The van der Waals surface area contributed by atoms with Crippen LogP contribution in [0.2, 0.25) is 0 Å². The van der Waals surface area contributed by atoms with Gasteiger partial charge in [0, 0.05) is 12.5 Å². The summed E-state index contributed by atoms with van der Waals surface area (Å²) in [7, 11) is 0. The molecule has 1 heterocycles. The number of halogens is 1. The van der Waals surface area contributed by atoms with E-state index in [0.29, 0.717) is 13.0 Å². The first-order valence-electron chi connectivity index (χ1n) is 8.99. The summed E-state index contributed by atoms with van der Waals surface area (Å²) < 4.78 is 13.3. The van der Waals surface area contributed by atoms with Crippen LogP contribution in [0.3, 0.4) is 0 Å². The Morgan fingerprint density at radius 1 is 1.19 bits per heavy atom. The van der Waals surface area contributed by atoms with E-state index in [9.17, 15) is 14.0 Å². The number of hydrogen-bond donors (Lipinski definition) is 2. The summed E-state index contributed by atoms with van der Waals surface area (Å²) >= 11 is 0. The average Bonchev–Trinajstić information content (AvgIpc) is 3.12. The number of amides is 1. The standard InChI is InChI=1S/C21H23FN2O3/c1-13(19(23)20(25)24-10-9-18(22)12-24)14-5-7-15(8-6-14)16-3-2-4-17(11-16)21(26)27/h2-8,11,13,18-19H,9-10,12,23H2,1H3,(H,26,27)/t13-,18-,19-/m0/s1. The lowest BCUT2D eigenvalue weighted by Crippen LogP contribution is -2.45. The van der Waals surface area contributed by atoms with E-state index in [1.165, 1.54) is 4.90 Å². The summed E-state index contributed by atoms with van der Waals surface area (Å²) in [6.45, 7) is 2.42. The van der Waals surface area contributed by atoms with Gasteiger partial charge in [-0.15, -0.1) is 0 Å². The Morgan fingerprint density at radius 3 is 2.48 bits per heavy atom. The van der Waals surface area contributed by atoms with Crippen molar-refractivity contribution in [1.29, 1.82) is 0 Å². The molecule has 142 valence electrons. The minimum Gasteiger partial charge on any atom is -0.478 e. The zero-order chi connectivity index (χ0) is 19.6. The topological polar surface area (TPSA) is 83.6 Å². The molecule has 5 nitrogen and oxygen atoms in total. The Bertz CT molecular complexity index is 838. The molecule has 1 amide bonds. The molecule has 0 unspecified atom stereocenters. The van der Waals surface area contributed by atoms with Crippen LogP contribution in [-0.2, 0) is 4.79 Å².